The van der Waals surface area contributed by atoms with E-state index in [1.165, 1.54) is 0 Å². The summed E-state index contributed by atoms with van der Waals surface area (Å²) in [6.45, 7) is 3.89. The molecule has 1 saturated heterocycles. The molecule has 1 fully saturated rings. The molecule has 2 aromatic rings. The van der Waals surface area contributed by atoms with Crippen LogP contribution in [0.2, 0.25) is 0 Å². The number of carbonyl (C=O) groups is 2. The average molecular weight is 338 g/mol. The molecule has 3 rings (SSSR count). The van der Waals surface area contributed by atoms with Crippen LogP contribution in [0.15, 0.2) is 60.7 Å². The van der Waals surface area contributed by atoms with Crippen LogP contribution in [-0.2, 0) is 4.79 Å². The van der Waals surface area contributed by atoms with Crippen LogP contribution in [-0.4, -0.2) is 53.9 Å². The third-order valence-corrected chi connectivity index (χ3v) is 4.30. The number of nitrogens with zero attached hydrogens (tertiary/aromatic N) is 2. The Morgan fingerprint density at radius 1 is 0.840 bits per heavy atom. The Kier molecular flexibility index (Phi) is 5.33. The van der Waals surface area contributed by atoms with Gasteiger partial charge in [0.25, 0.3) is 11.8 Å². The van der Waals surface area contributed by atoms with Crippen molar-refractivity contribution in [3.8, 4) is 5.75 Å². The summed E-state index contributed by atoms with van der Waals surface area (Å²) in [6, 6.07) is 18.6. The van der Waals surface area contributed by atoms with Crippen molar-refractivity contribution >= 4 is 11.8 Å². The molecule has 0 saturated carbocycles. The van der Waals surface area contributed by atoms with Gasteiger partial charge in [-0.15, -0.1) is 0 Å². The lowest BCUT2D eigenvalue weighted by molar-refractivity contribution is -0.139. The van der Waals surface area contributed by atoms with Gasteiger partial charge in [-0.1, -0.05) is 36.4 Å². The summed E-state index contributed by atoms with van der Waals surface area (Å²) in [5, 5.41) is 0. The predicted octanol–water partition coefficient (Wildman–Crippen LogP) is 2.44. The predicted molar refractivity (Wildman–Crippen MR) is 95.5 cm³/mol. The number of piperazine rings is 1. The van der Waals surface area contributed by atoms with Crippen molar-refractivity contribution in [2.75, 3.05) is 26.2 Å². The minimum Gasteiger partial charge on any atom is -0.481 e. The van der Waals surface area contributed by atoms with Crippen LogP contribution in [0, 0.1) is 0 Å². The second kappa shape index (κ2) is 7.83. The quantitative estimate of drug-likeness (QED) is 0.860. The van der Waals surface area contributed by atoms with E-state index in [4.69, 9.17) is 4.74 Å². The first-order valence-electron chi connectivity index (χ1n) is 8.50. The summed E-state index contributed by atoms with van der Waals surface area (Å²) >= 11 is 0. The first-order chi connectivity index (χ1) is 12.1. The molecule has 2 aromatic carbocycles. The van der Waals surface area contributed by atoms with Crippen LogP contribution in [0.4, 0.5) is 0 Å². The van der Waals surface area contributed by atoms with E-state index in [2.05, 4.69) is 0 Å². The van der Waals surface area contributed by atoms with Gasteiger partial charge in [-0.05, 0) is 31.2 Å². The summed E-state index contributed by atoms with van der Waals surface area (Å²) < 4.78 is 5.70. The number of hydrogen-bond acceptors (Lipinski definition) is 3. The molecule has 0 aromatic heterocycles. The maximum atomic E-state index is 12.5. The van der Waals surface area contributed by atoms with Crippen LogP contribution in [0.1, 0.15) is 17.3 Å². The molecule has 5 heteroatoms. The minimum absolute atomic E-state index is 0.0151. The van der Waals surface area contributed by atoms with Gasteiger partial charge in [0, 0.05) is 31.7 Å². The van der Waals surface area contributed by atoms with Gasteiger partial charge in [0.15, 0.2) is 6.10 Å². The fourth-order valence-electron chi connectivity index (χ4n) is 2.90. The molecule has 2 amide bonds. The number of para-hydroxylation sites is 1. The largest absolute Gasteiger partial charge is 0.481 e. The van der Waals surface area contributed by atoms with Crippen LogP contribution in [0.25, 0.3) is 0 Å². The number of ether oxygens (including phenoxy) is 1. The SMILES string of the molecule is CC(Oc1ccccc1)C(=O)N1CCN(C(=O)c2ccccc2)CC1. The molecule has 0 aliphatic carbocycles. The van der Waals surface area contributed by atoms with Gasteiger partial charge in [0.1, 0.15) is 5.75 Å². The summed E-state index contributed by atoms with van der Waals surface area (Å²) in [6.07, 6.45) is -0.543. The van der Waals surface area contributed by atoms with E-state index in [9.17, 15) is 9.59 Å². The fourth-order valence-corrected chi connectivity index (χ4v) is 2.90. The van der Waals surface area contributed by atoms with Gasteiger partial charge in [-0.2, -0.15) is 0 Å². The summed E-state index contributed by atoms with van der Waals surface area (Å²) in [5.74, 6) is 0.651. The molecule has 1 atom stereocenters. The van der Waals surface area contributed by atoms with E-state index >= 15 is 0 Å². The van der Waals surface area contributed by atoms with Gasteiger partial charge in [-0.25, -0.2) is 0 Å². The number of carbonyl (C=O) groups excluding carboxylic acids is 2. The summed E-state index contributed by atoms with van der Waals surface area (Å²) in [5.41, 5.74) is 0.683. The molecule has 25 heavy (non-hydrogen) atoms. The summed E-state index contributed by atoms with van der Waals surface area (Å²) in [7, 11) is 0. The molecule has 0 spiro atoms. The number of rotatable bonds is 4. The third kappa shape index (κ3) is 4.18. The van der Waals surface area contributed by atoms with Crippen molar-refractivity contribution in [1.82, 2.24) is 9.80 Å². The lowest BCUT2D eigenvalue weighted by atomic mass is 10.2. The Balaban J connectivity index is 1.53. The third-order valence-electron chi connectivity index (χ3n) is 4.30. The normalized spacial score (nSPS) is 15.6. The Morgan fingerprint density at radius 3 is 1.96 bits per heavy atom. The zero-order valence-electron chi connectivity index (χ0n) is 14.3. The fraction of sp³-hybridized carbons (Fsp3) is 0.300. The van der Waals surface area contributed by atoms with Crippen molar-refractivity contribution in [3.05, 3.63) is 66.2 Å². The van der Waals surface area contributed by atoms with Gasteiger partial charge < -0.3 is 14.5 Å². The van der Waals surface area contributed by atoms with Gasteiger partial charge in [0.2, 0.25) is 0 Å². The minimum atomic E-state index is -0.543. The van der Waals surface area contributed by atoms with Crippen molar-refractivity contribution in [2.45, 2.75) is 13.0 Å². The number of amides is 2. The molecule has 1 unspecified atom stereocenters. The topological polar surface area (TPSA) is 49.9 Å². The molecule has 1 heterocycles. The lowest BCUT2D eigenvalue weighted by Gasteiger charge is -2.36. The monoisotopic (exact) mass is 338 g/mol. The first kappa shape index (κ1) is 17.0. The second-order valence-corrected chi connectivity index (χ2v) is 6.06. The molecule has 0 N–H and O–H groups in total. The van der Waals surface area contributed by atoms with Crippen LogP contribution < -0.4 is 4.74 Å². The highest BCUT2D eigenvalue weighted by molar-refractivity contribution is 5.94. The molecular weight excluding hydrogens is 316 g/mol. The first-order valence-corrected chi connectivity index (χ1v) is 8.50. The highest BCUT2D eigenvalue weighted by atomic mass is 16.5. The Bertz CT molecular complexity index is 710. The number of hydrogen-bond donors (Lipinski definition) is 0. The zero-order chi connectivity index (χ0) is 17.6. The van der Waals surface area contributed by atoms with Gasteiger partial charge in [-0.3, -0.25) is 9.59 Å². The summed E-state index contributed by atoms with van der Waals surface area (Å²) in [4.78, 5) is 28.6. The van der Waals surface area contributed by atoms with Gasteiger partial charge >= 0.3 is 0 Å². The molecule has 130 valence electrons. The van der Waals surface area contributed by atoms with Crippen molar-refractivity contribution < 1.29 is 14.3 Å². The maximum Gasteiger partial charge on any atom is 0.263 e. The molecule has 0 radical (unpaired) electrons. The van der Waals surface area contributed by atoms with Crippen LogP contribution in [0.5, 0.6) is 5.75 Å². The maximum absolute atomic E-state index is 12.5. The van der Waals surface area contributed by atoms with Gasteiger partial charge in [0.05, 0.1) is 0 Å². The van der Waals surface area contributed by atoms with Crippen molar-refractivity contribution in [2.24, 2.45) is 0 Å². The Morgan fingerprint density at radius 2 is 1.36 bits per heavy atom. The molecular formula is C20H22N2O3. The highest BCUT2D eigenvalue weighted by Gasteiger charge is 2.28. The zero-order valence-corrected chi connectivity index (χ0v) is 14.3. The average Bonchev–Trinajstić information content (AvgIpc) is 2.68. The molecule has 5 nitrogen and oxygen atoms in total. The van der Waals surface area contributed by atoms with E-state index in [-0.39, 0.29) is 11.8 Å². The second-order valence-electron chi connectivity index (χ2n) is 6.06. The Labute approximate surface area is 147 Å². The van der Waals surface area contributed by atoms with Crippen molar-refractivity contribution in [3.63, 3.8) is 0 Å². The number of benzene rings is 2. The van der Waals surface area contributed by atoms with E-state index in [1.54, 1.807) is 16.7 Å². The van der Waals surface area contributed by atoms with Crippen LogP contribution >= 0.6 is 0 Å². The lowest BCUT2D eigenvalue weighted by Crippen LogP contribution is -2.53. The Hall–Kier alpha value is -2.82. The molecule has 1 aliphatic heterocycles. The molecule has 1 aliphatic rings. The van der Waals surface area contributed by atoms with Crippen LogP contribution in [0.3, 0.4) is 0 Å². The highest BCUT2D eigenvalue weighted by Crippen LogP contribution is 2.14. The standard InChI is InChI=1S/C20H22N2O3/c1-16(25-18-10-6-3-7-11-18)19(23)21-12-14-22(15-13-21)20(24)17-8-4-2-5-9-17/h2-11,16H,12-15H2,1H3. The molecule has 0 bridgehead atoms. The van der Waals surface area contributed by atoms with E-state index < -0.39 is 6.10 Å². The van der Waals surface area contributed by atoms with E-state index in [0.717, 1.165) is 0 Å². The van der Waals surface area contributed by atoms with E-state index in [1.807, 2.05) is 60.7 Å². The smallest absolute Gasteiger partial charge is 0.263 e. The van der Waals surface area contributed by atoms with Crippen molar-refractivity contribution in [1.29, 1.82) is 0 Å². The van der Waals surface area contributed by atoms with E-state index in [0.29, 0.717) is 37.5 Å².